The summed E-state index contributed by atoms with van der Waals surface area (Å²) in [6, 6.07) is 6.26. The lowest BCUT2D eigenvalue weighted by Gasteiger charge is -2.12. The van der Waals surface area contributed by atoms with Crippen LogP contribution in [0.15, 0.2) is 35.2 Å². The molecular formula is C15H16N8O5S. The van der Waals surface area contributed by atoms with Gasteiger partial charge in [-0.3, -0.25) is 5.32 Å². The lowest BCUT2D eigenvalue weighted by atomic mass is 10.3. The Balaban J connectivity index is 1.86. The molecular weight excluding hydrogens is 404 g/mol. The number of hydrogen-bond acceptors (Lipinski definition) is 10. The zero-order valence-corrected chi connectivity index (χ0v) is 16.3. The van der Waals surface area contributed by atoms with E-state index in [0.29, 0.717) is 5.82 Å². The van der Waals surface area contributed by atoms with Crippen LogP contribution in [0.4, 0.5) is 10.7 Å². The Morgan fingerprint density at radius 2 is 1.76 bits per heavy atom. The molecule has 0 spiro atoms. The molecule has 0 aliphatic rings. The van der Waals surface area contributed by atoms with Gasteiger partial charge in [-0.05, 0) is 29.5 Å². The first-order valence-electron chi connectivity index (χ1n) is 7.99. The molecule has 152 valence electrons. The van der Waals surface area contributed by atoms with Crippen LogP contribution in [-0.4, -0.2) is 58.8 Å². The summed E-state index contributed by atoms with van der Waals surface area (Å²) in [7, 11) is -1.54. The van der Waals surface area contributed by atoms with Crippen LogP contribution in [0, 0.1) is 6.92 Å². The van der Waals surface area contributed by atoms with E-state index in [1.54, 1.807) is 13.0 Å². The maximum atomic E-state index is 12.8. The topological polar surface area (TPSA) is 163 Å². The number of aromatic nitrogens is 6. The first-order valence-corrected chi connectivity index (χ1v) is 9.47. The average molecular weight is 420 g/mol. The van der Waals surface area contributed by atoms with E-state index < -0.39 is 16.1 Å². The number of urea groups is 1. The minimum atomic E-state index is -4.28. The molecule has 13 nitrogen and oxygen atoms in total. The molecule has 29 heavy (non-hydrogen) atoms. The second-order valence-corrected chi connectivity index (χ2v) is 7.09. The number of ether oxygens (including phenoxy) is 2. The highest BCUT2D eigenvalue weighted by molar-refractivity contribution is 7.90. The van der Waals surface area contributed by atoms with Gasteiger partial charge in [0.15, 0.2) is 5.82 Å². The van der Waals surface area contributed by atoms with Gasteiger partial charge in [0.25, 0.3) is 10.0 Å². The Morgan fingerprint density at radius 1 is 1.10 bits per heavy atom. The number of nitrogens with one attached hydrogen (secondary N) is 2. The smallest absolute Gasteiger partial charge is 0.335 e. The van der Waals surface area contributed by atoms with E-state index in [2.05, 4.69) is 30.8 Å². The van der Waals surface area contributed by atoms with E-state index in [1.165, 1.54) is 43.2 Å². The Hall–Kier alpha value is -3.81. The fraction of sp³-hybridized carbons (Fsp3) is 0.200. The molecule has 0 atom stereocenters. The molecule has 2 N–H and O–H groups in total. The van der Waals surface area contributed by atoms with E-state index in [4.69, 9.17) is 9.47 Å². The van der Waals surface area contributed by atoms with Gasteiger partial charge in [0.2, 0.25) is 17.7 Å². The number of carbonyl (C=O) groups excluding carboxylic acids is 1. The lowest BCUT2D eigenvalue weighted by Crippen LogP contribution is -2.35. The highest BCUT2D eigenvalue weighted by atomic mass is 32.2. The minimum Gasteiger partial charge on any atom is -0.481 e. The van der Waals surface area contributed by atoms with E-state index in [-0.39, 0.29) is 28.3 Å². The van der Waals surface area contributed by atoms with Crippen LogP contribution in [-0.2, 0) is 10.0 Å². The number of amides is 2. The van der Waals surface area contributed by atoms with Crippen molar-refractivity contribution in [2.45, 2.75) is 11.8 Å². The van der Waals surface area contributed by atoms with Gasteiger partial charge in [-0.1, -0.05) is 12.1 Å². The molecule has 0 aliphatic carbocycles. The average Bonchev–Trinajstić information content (AvgIpc) is 3.12. The van der Waals surface area contributed by atoms with Crippen molar-refractivity contribution in [2.24, 2.45) is 0 Å². The van der Waals surface area contributed by atoms with Crippen LogP contribution in [0.2, 0.25) is 0 Å². The Labute approximate surface area is 165 Å². The largest absolute Gasteiger partial charge is 0.481 e. The number of sulfonamides is 1. The minimum absolute atomic E-state index is 0.120. The van der Waals surface area contributed by atoms with Crippen molar-refractivity contribution < 1.29 is 22.7 Å². The number of anilines is 1. The zero-order valence-electron chi connectivity index (χ0n) is 15.5. The fourth-order valence-corrected chi connectivity index (χ4v) is 3.38. The summed E-state index contributed by atoms with van der Waals surface area (Å²) in [6.07, 6.45) is 0. The summed E-state index contributed by atoms with van der Waals surface area (Å²) >= 11 is 0. The predicted molar refractivity (Wildman–Crippen MR) is 98.4 cm³/mol. The molecule has 1 aromatic carbocycles. The number of hydrogen-bond donors (Lipinski definition) is 2. The summed E-state index contributed by atoms with van der Waals surface area (Å²) in [4.78, 5) is 19.9. The van der Waals surface area contributed by atoms with Crippen molar-refractivity contribution in [3.63, 3.8) is 0 Å². The molecule has 0 radical (unpaired) electrons. The normalized spacial score (nSPS) is 11.0. The van der Waals surface area contributed by atoms with E-state index >= 15 is 0 Å². The maximum Gasteiger partial charge on any atom is 0.335 e. The van der Waals surface area contributed by atoms with Crippen LogP contribution in [0.1, 0.15) is 5.82 Å². The first kappa shape index (κ1) is 19.9. The summed E-state index contributed by atoms with van der Waals surface area (Å²) in [5.74, 6) is 0.400. The third-order valence-electron chi connectivity index (χ3n) is 3.56. The number of tetrazole rings is 1. The van der Waals surface area contributed by atoms with Crippen molar-refractivity contribution in [3.8, 4) is 17.4 Å². The van der Waals surface area contributed by atoms with Crippen molar-refractivity contribution in [1.29, 1.82) is 0 Å². The Morgan fingerprint density at radius 3 is 2.34 bits per heavy atom. The van der Waals surface area contributed by atoms with Gasteiger partial charge in [0.1, 0.15) is 4.90 Å². The SMILES string of the molecule is COc1cc(OC)nc(NC(=O)NS(=O)(=O)c2ccccc2-n2nnnc2C)n1. The van der Waals surface area contributed by atoms with E-state index in [9.17, 15) is 13.2 Å². The standard InChI is InChI=1S/C15H16N8O5S/c1-9-19-21-22-23(9)10-6-4-5-7-11(10)29(25,26)20-15(24)18-14-16-12(27-2)8-13(17-14)28-3/h4-8H,1-3H3,(H2,16,17,18,20,24). The molecule has 0 aliphatic heterocycles. The number of rotatable bonds is 6. The molecule has 2 heterocycles. The summed E-state index contributed by atoms with van der Waals surface area (Å²) in [5, 5.41) is 13.2. The molecule has 2 aromatic heterocycles. The maximum absolute atomic E-state index is 12.8. The van der Waals surface area contributed by atoms with Crippen LogP contribution in [0.25, 0.3) is 5.69 Å². The number of benzene rings is 1. The number of para-hydroxylation sites is 1. The van der Waals surface area contributed by atoms with Crippen molar-refractivity contribution in [2.75, 3.05) is 19.5 Å². The van der Waals surface area contributed by atoms with E-state index in [1.807, 2.05) is 4.72 Å². The van der Waals surface area contributed by atoms with Crippen LogP contribution in [0.5, 0.6) is 11.8 Å². The summed E-state index contributed by atoms with van der Waals surface area (Å²) < 4.78 is 38.6. The molecule has 0 saturated carbocycles. The van der Waals surface area contributed by atoms with Crippen LogP contribution in [0.3, 0.4) is 0 Å². The number of methoxy groups -OCH3 is 2. The van der Waals surface area contributed by atoms with Gasteiger partial charge in [-0.2, -0.15) is 14.6 Å². The van der Waals surface area contributed by atoms with Gasteiger partial charge in [0, 0.05) is 0 Å². The second kappa shape index (κ2) is 8.05. The first-order chi connectivity index (χ1) is 13.8. The Kier molecular flexibility index (Phi) is 5.54. The summed E-state index contributed by atoms with van der Waals surface area (Å²) in [5.41, 5.74) is 0.176. The third-order valence-corrected chi connectivity index (χ3v) is 4.94. The quantitative estimate of drug-likeness (QED) is 0.566. The molecule has 2 amide bonds. The Bertz CT molecular complexity index is 1120. The molecule has 0 unspecified atom stereocenters. The van der Waals surface area contributed by atoms with Crippen molar-refractivity contribution in [3.05, 3.63) is 36.2 Å². The van der Waals surface area contributed by atoms with Crippen molar-refractivity contribution >= 4 is 22.0 Å². The number of nitrogens with zero attached hydrogens (tertiary/aromatic N) is 6. The van der Waals surface area contributed by atoms with Gasteiger partial charge < -0.3 is 9.47 Å². The number of carbonyl (C=O) groups is 1. The monoisotopic (exact) mass is 420 g/mol. The molecule has 0 fully saturated rings. The molecule has 14 heteroatoms. The van der Waals surface area contributed by atoms with Gasteiger partial charge in [0.05, 0.1) is 26.0 Å². The fourth-order valence-electron chi connectivity index (χ4n) is 2.29. The molecule has 3 aromatic rings. The summed E-state index contributed by atoms with van der Waals surface area (Å²) in [6.45, 7) is 1.61. The van der Waals surface area contributed by atoms with Crippen LogP contribution < -0.4 is 19.5 Å². The molecule has 3 rings (SSSR count). The molecule has 0 saturated heterocycles. The number of aryl methyl sites for hydroxylation is 1. The second-order valence-electron chi connectivity index (χ2n) is 5.44. The van der Waals surface area contributed by atoms with Crippen LogP contribution >= 0.6 is 0 Å². The van der Waals surface area contributed by atoms with Gasteiger partial charge in [-0.15, -0.1) is 5.10 Å². The highest BCUT2D eigenvalue weighted by Crippen LogP contribution is 2.20. The highest BCUT2D eigenvalue weighted by Gasteiger charge is 2.24. The van der Waals surface area contributed by atoms with Crippen molar-refractivity contribution in [1.82, 2.24) is 34.9 Å². The molecule has 0 bridgehead atoms. The zero-order chi connectivity index (χ0) is 21.0. The predicted octanol–water partition coefficient (Wildman–Crippen LogP) is 0.288. The van der Waals surface area contributed by atoms with E-state index in [0.717, 1.165) is 0 Å². The lowest BCUT2D eigenvalue weighted by molar-refractivity contribution is 0.256. The van der Waals surface area contributed by atoms with Gasteiger partial charge in [-0.25, -0.2) is 17.9 Å². The third kappa shape index (κ3) is 4.37. The van der Waals surface area contributed by atoms with Gasteiger partial charge >= 0.3 is 6.03 Å².